The number of aromatic amines is 1. The quantitative estimate of drug-likeness (QED) is 0.607. The van der Waals surface area contributed by atoms with Crippen molar-refractivity contribution in [2.24, 2.45) is 0 Å². The predicted octanol–water partition coefficient (Wildman–Crippen LogP) is 2.14. The Labute approximate surface area is 83.0 Å². The summed E-state index contributed by atoms with van der Waals surface area (Å²) in [4.78, 5) is 18.4. The SMILES string of the molecule is O=c1[nH]ccc2sc3cccnc3c12. The van der Waals surface area contributed by atoms with Crippen molar-refractivity contribution in [1.82, 2.24) is 9.97 Å². The Hall–Kier alpha value is -1.68. The van der Waals surface area contributed by atoms with Crippen molar-refractivity contribution in [3.05, 3.63) is 40.9 Å². The van der Waals surface area contributed by atoms with Crippen molar-refractivity contribution >= 4 is 31.6 Å². The Morgan fingerprint density at radius 2 is 2.21 bits per heavy atom. The number of aromatic nitrogens is 2. The third-order valence-corrected chi connectivity index (χ3v) is 3.26. The zero-order valence-electron chi connectivity index (χ0n) is 7.15. The topological polar surface area (TPSA) is 45.8 Å². The summed E-state index contributed by atoms with van der Waals surface area (Å²) in [6, 6.07) is 5.77. The van der Waals surface area contributed by atoms with E-state index in [0.717, 1.165) is 14.9 Å². The van der Waals surface area contributed by atoms with E-state index < -0.39 is 0 Å². The van der Waals surface area contributed by atoms with E-state index in [9.17, 15) is 4.79 Å². The molecule has 3 aromatic rings. The van der Waals surface area contributed by atoms with Gasteiger partial charge in [0.25, 0.3) is 5.56 Å². The smallest absolute Gasteiger partial charge is 0.258 e. The highest BCUT2D eigenvalue weighted by Gasteiger charge is 2.07. The van der Waals surface area contributed by atoms with Gasteiger partial charge in [-0.3, -0.25) is 9.78 Å². The van der Waals surface area contributed by atoms with Gasteiger partial charge in [-0.25, -0.2) is 0 Å². The summed E-state index contributed by atoms with van der Waals surface area (Å²) >= 11 is 1.59. The van der Waals surface area contributed by atoms with Crippen molar-refractivity contribution in [3.8, 4) is 0 Å². The number of rotatable bonds is 0. The monoisotopic (exact) mass is 202 g/mol. The zero-order valence-corrected chi connectivity index (χ0v) is 7.97. The molecule has 1 N–H and O–H groups in total. The normalized spacial score (nSPS) is 11.1. The second kappa shape index (κ2) is 2.65. The Kier molecular flexibility index (Phi) is 1.46. The Morgan fingerprint density at radius 1 is 1.29 bits per heavy atom. The summed E-state index contributed by atoms with van der Waals surface area (Å²) in [5.41, 5.74) is 0.738. The molecule has 3 rings (SSSR count). The maximum absolute atomic E-state index is 11.6. The molecule has 3 nitrogen and oxygen atoms in total. The van der Waals surface area contributed by atoms with Crippen LogP contribution < -0.4 is 5.56 Å². The molecular weight excluding hydrogens is 196 g/mol. The van der Waals surface area contributed by atoms with Gasteiger partial charge in [-0.05, 0) is 18.2 Å². The van der Waals surface area contributed by atoms with Gasteiger partial charge >= 0.3 is 0 Å². The molecule has 0 fully saturated rings. The molecule has 0 aliphatic heterocycles. The van der Waals surface area contributed by atoms with Crippen LogP contribution in [-0.4, -0.2) is 9.97 Å². The first-order chi connectivity index (χ1) is 6.86. The van der Waals surface area contributed by atoms with Crippen LogP contribution in [0, 0.1) is 0 Å². The summed E-state index contributed by atoms with van der Waals surface area (Å²) < 4.78 is 2.04. The first-order valence-corrected chi connectivity index (χ1v) is 5.03. The molecule has 0 aliphatic rings. The minimum atomic E-state index is -0.0625. The lowest BCUT2D eigenvalue weighted by Crippen LogP contribution is -2.02. The Balaban J connectivity index is 2.73. The van der Waals surface area contributed by atoms with Gasteiger partial charge < -0.3 is 4.98 Å². The van der Waals surface area contributed by atoms with Crippen LogP contribution in [0.1, 0.15) is 0 Å². The van der Waals surface area contributed by atoms with Crippen LogP contribution in [0.25, 0.3) is 20.3 Å². The van der Waals surface area contributed by atoms with Crippen LogP contribution in [0.3, 0.4) is 0 Å². The second-order valence-electron chi connectivity index (χ2n) is 3.00. The molecule has 0 radical (unpaired) electrons. The lowest BCUT2D eigenvalue weighted by Gasteiger charge is -1.87. The Bertz CT molecular complexity index is 668. The molecule has 0 unspecified atom stereocenters. The van der Waals surface area contributed by atoms with Gasteiger partial charge in [0.15, 0.2) is 0 Å². The number of fused-ring (bicyclic) bond motifs is 3. The van der Waals surface area contributed by atoms with Gasteiger partial charge in [0.05, 0.1) is 15.6 Å². The largest absolute Gasteiger partial charge is 0.328 e. The average Bonchev–Trinajstić information content (AvgIpc) is 2.57. The fraction of sp³-hybridized carbons (Fsp3) is 0. The minimum absolute atomic E-state index is 0.0625. The number of nitrogens with one attached hydrogen (secondary N) is 1. The summed E-state index contributed by atoms with van der Waals surface area (Å²) in [5.74, 6) is 0. The van der Waals surface area contributed by atoms with E-state index in [1.807, 2.05) is 18.2 Å². The number of nitrogens with zero attached hydrogens (tertiary/aromatic N) is 1. The van der Waals surface area contributed by atoms with E-state index in [4.69, 9.17) is 0 Å². The maximum atomic E-state index is 11.6. The predicted molar refractivity (Wildman–Crippen MR) is 57.7 cm³/mol. The Morgan fingerprint density at radius 3 is 3.14 bits per heavy atom. The molecule has 3 aromatic heterocycles. The fourth-order valence-corrected chi connectivity index (χ4v) is 2.61. The molecule has 0 saturated carbocycles. The van der Waals surface area contributed by atoms with Gasteiger partial charge in [0, 0.05) is 17.1 Å². The van der Waals surface area contributed by atoms with Crippen LogP contribution in [0.4, 0.5) is 0 Å². The van der Waals surface area contributed by atoms with Crippen molar-refractivity contribution in [3.63, 3.8) is 0 Å². The second-order valence-corrected chi connectivity index (χ2v) is 4.08. The molecule has 0 amide bonds. The van der Waals surface area contributed by atoms with Crippen LogP contribution in [0.5, 0.6) is 0 Å². The fourth-order valence-electron chi connectivity index (χ4n) is 1.55. The molecule has 14 heavy (non-hydrogen) atoms. The summed E-state index contributed by atoms with van der Waals surface area (Å²) in [5, 5.41) is 0.702. The molecule has 0 saturated heterocycles. The average molecular weight is 202 g/mol. The van der Waals surface area contributed by atoms with Crippen molar-refractivity contribution in [2.45, 2.75) is 0 Å². The van der Waals surface area contributed by atoms with Crippen LogP contribution in [0.2, 0.25) is 0 Å². The molecule has 68 valence electrons. The highest BCUT2D eigenvalue weighted by molar-refractivity contribution is 7.25. The van der Waals surface area contributed by atoms with Gasteiger partial charge in [0.2, 0.25) is 0 Å². The van der Waals surface area contributed by atoms with Gasteiger partial charge in [-0.15, -0.1) is 11.3 Å². The lowest BCUT2D eigenvalue weighted by atomic mass is 10.3. The van der Waals surface area contributed by atoms with Gasteiger partial charge in [-0.2, -0.15) is 0 Å². The standard InChI is InChI=1S/C10H6N2OS/c13-10-8-6(3-5-12-10)14-7-2-1-4-11-9(7)8/h1-5H,(H,12,13). The number of hydrogen-bond donors (Lipinski definition) is 1. The highest BCUT2D eigenvalue weighted by Crippen LogP contribution is 2.28. The molecule has 0 aromatic carbocycles. The van der Waals surface area contributed by atoms with Gasteiger partial charge in [0.1, 0.15) is 0 Å². The van der Waals surface area contributed by atoms with E-state index in [1.165, 1.54) is 0 Å². The highest BCUT2D eigenvalue weighted by atomic mass is 32.1. The first-order valence-electron chi connectivity index (χ1n) is 4.21. The third kappa shape index (κ3) is 0.914. The van der Waals surface area contributed by atoms with E-state index in [2.05, 4.69) is 9.97 Å². The van der Waals surface area contributed by atoms with E-state index in [0.29, 0.717) is 5.39 Å². The van der Waals surface area contributed by atoms with Crippen LogP contribution in [-0.2, 0) is 0 Å². The summed E-state index contributed by atoms with van der Waals surface area (Å²) in [6.45, 7) is 0. The molecule has 0 atom stereocenters. The van der Waals surface area contributed by atoms with Crippen LogP contribution >= 0.6 is 11.3 Å². The van der Waals surface area contributed by atoms with Crippen molar-refractivity contribution in [1.29, 1.82) is 0 Å². The number of hydrogen-bond acceptors (Lipinski definition) is 3. The molecule has 0 bridgehead atoms. The number of pyridine rings is 2. The molecule has 0 aliphatic carbocycles. The molecule has 0 spiro atoms. The lowest BCUT2D eigenvalue weighted by molar-refractivity contribution is 1.28. The molecular formula is C10H6N2OS. The summed E-state index contributed by atoms with van der Waals surface area (Å²) in [6.07, 6.45) is 3.38. The zero-order chi connectivity index (χ0) is 9.54. The van der Waals surface area contributed by atoms with Crippen molar-refractivity contribution < 1.29 is 0 Å². The number of thiophene rings is 1. The van der Waals surface area contributed by atoms with E-state index in [1.54, 1.807) is 23.7 Å². The van der Waals surface area contributed by atoms with E-state index in [-0.39, 0.29) is 5.56 Å². The molecule has 3 heterocycles. The van der Waals surface area contributed by atoms with Crippen molar-refractivity contribution in [2.75, 3.05) is 0 Å². The minimum Gasteiger partial charge on any atom is -0.328 e. The maximum Gasteiger partial charge on any atom is 0.258 e. The van der Waals surface area contributed by atoms with E-state index >= 15 is 0 Å². The third-order valence-electron chi connectivity index (χ3n) is 2.15. The summed E-state index contributed by atoms with van der Waals surface area (Å²) in [7, 11) is 0. The molecule has 4 heteroatoms. The van der Waals surface area contributed by atoms with Crippen LogP contribution in [0.15, 0.2) is 35.4 Å². The first kappa shape index (κ1) is 7.70. The number of H-pyrrole nitrogens is 1. The van der Waals surface area contributed by atoms with Gasteiger partial charge in [-0.1, -0.05) is 0 Å².